The predicted octanol–water partition coefficient (Wildman–Crippen LogP) is 3.61. The van der Waals surface area contributed by atoms with Crippen molar-refractivity contribution in [3.8, 4) is 0 Å². The van der Waals surface area contributed by atoms with Crippen LogP contribution in [0, 0.1) is 6.92 Å². The van der Waals surface area contributed by atoms with Crippen LogP contribution in [0.25, 0.3) is 0 Å². The van der Waals surface area contributed by atoms with E-state index in [1.807, 2.05) is 12.1 Å². The summed E-state index contributed by atoms with van der Waals surface area (Å²) in [5, 5.41) is 2.97. The summed E-state index contributed by atoms with van der Waals surface area (Å²) in [5.74, 6) is -0.0459. The number of anilines is 2. The van der Waals surface area contributed by atoms with Gasteiger partial charge in [0.1, 0.15) is 0 Å². The van der Waals surface area contributed by atoms with E-state index in [0.717, 1.165) is 37.2 Å². The maximum absolute atomic E-state index is 12.4. The molecule has 2 aromatic carbocycles. The zero-order chi connectivity index (χ0) is 21.1. The van der Waals surface area contributed by atoms with Crippen LogP contribution in [0.4, 0.5) is 11.4 Å². The largest absolute Gasteiger partial charge is 0.371 e. The van der Waals surface area contributed by atoms with Gasteiger partial charge in [-0.05, 0) is 80.5 Å². The van der Waals surface area contributed by atoms with Gasteiger partial charge in [0.2, 0.25) is 15.9 Å². The maximum atomic E-state index is 12.4. The molecule has 0 aromatic heterocycles. The van der Waals surface area contributed by atoms with Crippen molar-refractivity contribution < 1.29 is 13.2 Å². The molecular formula is C23H29N3O3S. The summed E-state index contributed by atoms with van der Waals surface area (Å²) in [6.45, 7) is 4.28. The lowest BCUT2D eigenvalue weighted by Gasteiger charge is -2.20. The summed E-state index contributed by atoms with van der Waals surface area (Å²) in [5.41, 5.74) is 4.17. The quantitative estimate of drug-likeness (QED) is 0.675. The SMILES string of the molecule is Cc1cc(NC(=O)CCc2ccc(S(=O)(=O)NC3CC3)cc2)ccc1N1CCCC1. The topological polar surface area (TPSA) is 78.5 Å². The number of hydrogen-bond acceptors (Lipinski definition) is 4. The van der Waals surface area contributed by atoms with Crippen molar-refractivity contribution >= 4 is 27.3 Å². The van der Waals surface area contributed by atoms with Gasteiger partial charge in [-0.3, -0.25) is 4.79 Å². The molecule has 0 unspecified atom stereocenters. The molecule has 0 atom stereocenters. The zero-order valence-corrected chi connectivity index (χ0v) is 18.2. The highest BCUT2D eigenvalue weighted by Crippen LogP contribution is 2.27. The second-order valence-corrected chi connectivity index (χ2v) is 10.00. The molecule has 2 fully saturated rings. The highest BCUT2D eigenvalue weighted by atomic mass is 32.2. The molecule has 2 aromatic rings. The first-order valence-electron chi connectivity index (χ1n) is 10.7. The molecule has 6 nitrogen and oxygen atoms in total. The van der Waals surface area contributed by atoms with Crippen molar-refractivity contribution in [1.82, 2.24) is 4.72 Å². The molecule has 1 heterocycles. The van der Waals surface area contributed by atoms with Crippen LogP contribution in [0.3, 0.4) is 0 Å². The second kappa shape index (κ2) is 8.78. The van der Waals surface area contributed by atoms with Crippen LogP contribution in [0.15, 0.2) is 47.4 Å². The van der Waals surface area contributed by atoms with E-state index in [4.69, 9.17) is 0 Å². The van der Waals surface area contributed by atoms with Gasteiger partial charge >= 0.3 is 0 Å². The van der Waals surface area contributed by atoms with Crippen LogP contribution in [0.2, 0.25) is 0 Å². The highest BCUT2D eigenvalue weighted by molar-refractivity contribution is 7.89. The van der Waals surface area contributed by atoms with Crippen LogP contribution in [-0.2, 0) is 21.2 Å². The third kappa shape index (κ3) is 5.21. The third-order valence-corrected chi connectivity index (χ3v) is 7.24. The molecule has 1 aliphatic heterocycles. The van der Waals surface area contributed by atoms with E-state index in [0.29, 0.717) is 12.8 Å². The molecule has 0 bridgehead atoms. The number of nitrogens with zero attached hydrogens (tertiary/aromatic N) is 1. The van der Waals surface area contributed by atoms with Gasteiger partial charge in [-0.25, -0.2) is 13.1 Å². The lowest BCUT2D eigenvalue weighted by Crippen LogP contribution is -2.25. The summed E-state index contributed by atoms with van der Waals surface area (Å²) in [4.78, 5) is 15.0. The highest BCUT2D eigenvalue weighted by Gasteiger charge is 2.27. The molecule has 0 spiro atoms. The van der Waals surface area contributed by atoms with Gasteiger partial charge in [-0.15, -0.1) is 0 Å². The number of benzene rings is 2. The Morgan fingerprint density at radius 3 is 2.40 bits per heavy atom. The molecule has 1 aliphatic carbocycles. The number of amides is 1. The van der Waals surface area contributed by atoms with Crippen molar-refractivity contribution in [2.45, 2.75) is 56.4 Å². The fraction of sp³-hybridized carbons (Fsp3) is 0.435. The minimum absolute atomic E-state index is 0.0459. The molecule has 1 amide bonds. The fourth-order valence-corrected chi connectivity index (χ4v) is 5.16. The van der Waals surface area contributed by atoms with E-state index < -0.39 is 10.0 Å². The number of aryl methyl sites for hydroxylation is 2. The maximum Gasteiger partial charge on any atom is 0.240 e. The minimum atomic E-state index is -3.43. The average Bonchev–Trinajstić information content (AvgIpc) is 3.35. The molecule has 1 saturated carbocycles. The third-order valence-electron chi connectivity index (χ3n) is 5.70. The van der Waals surface area contributed by atoms with Crippen LogP contribution < -0.4 is 14.9 Å². The molecular weight excluding hydrogens is 398 g/mol. The van der Waals surface area contributed by atoms with Gasteiger partial charge in [0, 0.05) is 36.9 Å². The molecule has 1 saturated heterocycles. The van der Waals surface area contributed by atoms with Gasteiger partial charge in [0.15, 0.2) is 0 Å². The smallest absolute Gasteiger partial charge is 0.240 e. The molecule has 7 heteroatoms. The summed E-state index contributed by atoms with van der Waals surface area (Å²) >= 11 is 0. The Balaban J connectivity index is 1.29. The van der Waals surface area contributed by atoms with E-state index in [1.165, 1.54) is 24.1 Å². The second-order valence-electron chi connectivity index (χ2n) is 8.28. The number of rotatable bonds is 8. The van der Waals surface area contributed by atoms with Gasteiger partial charge in [-0.2, -0.15) is 0 Å². The van der Waals surface area contributed by atoms with Crippen molar-refractivity contribution in [3.05, 3.63) is 53.6 Å². The number of carbonyl (C=O) groups excluding carboxylic acids is 1. The fourth-order valence-electron chi connectivity index (χ4n) is 3.85. The Morgan fingerprint density at radius 2 is 1.77 bits per heavy atom. The van der Waals surface area contributed by atoms with E-state index in [9.17, 15) is 13.2 Å². The van der Waals surface area contributed by atoms with Gasteiger partial charge in [0.25, 0.3) is 0 Å². The van der Waals surface area contributed by atoms with Gasteiger partial charge in [-0.1, -0.05) is 12.1 Å². The van der Waals surface area contributed by atoms with Gasteiger partial charge < -0.3 is 10.2 Å². The van der Waals surface area contributed by atoms with Crippen molar-refractivity contribution in [1.29, 1.82) is 0 Å². The van der Waals surface area contributed by atoms with Crippen molar-refractivity contribution in [2.75, 3.05) is 23.3 Å². The number of hydrogen-bond donors (Lipinski definition) is 2. The van der Waals surface area contributed by atoms with Crippen LogP contribution in [0.1, 0.15) is 43.2 Å². The number of nitrogens with one attached hydrogen (secondary N) is 2. The Morgan fingerprint density at radius 1 is 1.07 bits per heavy atom. The molecule has 160 valence electrons. The Labute approximate surface area is 178 Å². The van der Waals surface area contributed by atoms with Gasteiger partial charge in [0.05, 0.1) is 4.90 Å². The zero-order valence-electron chi connectivity index (χ0n) is 17.4. The Kier molecular flexibility index (Phi) is 6.11. The lowest BCUT2D eigenvalue weighted by atomic mass is 10.1. The Hall–Kier alpha value is -2.38. The minimum Gasteiger partial charge on any atom is -0.371 e. The first kappa shape index (κ1) is 20.9. The predicted molar refractivity (Wildman–Crippen MR) is 119 cm³/mol. The number of sulfonamides is 1. The van der Waals surface area contributed by atoms with E-state index >= 15 is 0 Å². The molecule has 2 N–H and O–H groups in total. The van der Waals surface area contributed by atoms with E-state index in [2.05, 4.69) is 27.9 Å². The first-order chi connectivity index (χ1) is 14.4. The van der Waals surface area contributed by atoms with Crippen LogP contribution >= 0.6 is 0 Å². The number of carbonyl (C=O) groups is 1. The van der Waals surface area contributed by atoms with E-state index in [1.54, 1.807) is 24.3 Å². The normalized spacial score (nSPS) is 16.6. The van der Waals surface area contributed by atoms with E-state index in [-0.39, 0.29) is 16.8 Å². The Bertz CT molecular complexity index is 1010. The van der Waals surface area contributed by atoms with Crippen LogP contribution in [0.5, 0.6) is 0 Å². The van der Waals surface area contributed by atoms with Crippen LogP contribution in [-0.4, -0.2) is 33.5 Å². The molecule has 4 rings (SSSR count). The first-order valence-corrected chi connectivity index (χ1v) is 12.2. The molecule has 0 radical (unpaired) electrons. The summed E-state index contributed by atoms with van der Waals surface area (Å²) in [6.07, 6.45) is 5.20. The lowest BCUT2D eigenvalue weighted by molar-refractivity contribution is -0.116. The van der Waals surface area contributed by atoms with Crippen molar-refractivity contribution in [3.63, 3.8) is 0 Å². The molecule has 2 aliphatic rings. The summed E-state index contributed by atoms with van der Waals surface area (Å²) in [6, 6.07) is 12.9. The summed E-state index contributed by atoms with van der Waals surface area (Å²) < 4.78 is 27.1. The standard InChI is InChI=1S/C23H29N3O3S/c1-17-16-20(9-12-22(17)26-14-2-3-15-26)24-23(27)13-6-18-4-10-21(11-5-18)30(28,29)25-19-7-8-19/h4-5,9-12,16,19,25H,2-3,6-8,13-15H2,1H3,(H,24,27). The average molecular weight is 428 g/mol. The molecule has 30 heavy (non-hydrogen) atoms. The summed E-state index contributed by atoms with van der Waals surface area (Å²) in [7, 11) is -3.43. The monoisotopic (exact) mass is 427 g/mol. The van der Waals surface area contributed by atoms with Crippen molar-refractivity contribution in [2.24, 2.45) is 0 Å².